The molecule has 2 aliphatic rings. The Balaban J connectivity index is 1.95. The molecule has 0 spiro atoms. The topological polar surface area (TPSA) is 41.3 Å². The third kappa shape index (κ3) is 1.35. The van der Waals surface area contributed by atoms with Crippen LogP contribution >= 0.6 is 0 Å². The van der Waals surface area contributed by atoms with Gasteiger partial charge in [-0.1, -0.05) is 18.2 Å². The quantitative estimate of drug-likeness (QED) is 0.743. The van der Waals surface area contributed by atoms with Gasteiger partial charge >= 0.3 is 0 Å². The van der Waals surface area contributed by atoms with E-state index in [4.69, 9.17) is 5.73 Å². The zero-order valence-electron chi connectivity index (χ0n) is 9.69. The average molecular weight is 217 g/mol. The van der Waals surface area contributed by atoms with Gasteiger partial charge in [0.1, 0.15) is 0 Å². The van der Waals surface area contributed by atoms with Gasteiger partial charge in [-0.15, -0.1) is 0 Å². The van der Waals surface area contributed by atoms with Crippen molar-refractivity contribution in [3.05, 3.63) is 29.8 Å². The van der Waals surface area contributed by atoms with E-state index >= 15 is 0 Å². The summed E-state index contributed by atoms with van der Waals surface area (Å²) in [5, 5.41) is 3.65. The summed E-state index contributed by atoms with van der Waals surface area (Å²) in [5.41, 5.74) is 8.70. The molecule has 1 saturated heterocycles. The number of para-hydroxylation sites is 1. The maximum atomic E-state index is 5.90. The van der Waals surface area contributed by atoms with E-state index in [1.165, 1.54) is 17.7 Å². The number of nitrogens with two attached hydrogens (primary N) is 1. The van der Waals surface area contributed by atoms with Crippen LogP contribution < -0.4 is 11.1 Å². The van der Waals surface area contributed by atoms with Crippen LogP contribution in [0.3, 0.4) is 0 Å². The lowest BCUT2D eigenvalue weighted by Gasteiger charge is -2.40. The van der Waals surface area contributed by atoms with Crippen molar-refractivity contribution in [3.63, 3.8) is 0 Å². The lowest BCUT2D eigenvalue weighted by molar-refractivity contribution is 0.163. The number of fused-ring (bicyclic) bond motifs is 3. The Kier molecular flexibility index (Phi) is 2.37. The predicted molar refractivity (Wildman–Crippen MR) is 66.7 cm³/mol. The second kappa shape index (κ2) is 3.75. The maximum absolute atomic E-state index is 5.90. The van der Waals surface area contributed by atoms with Crippen molar-refractivity contribution < 1.29 is 0 Å². The van der Waals surface area contributed by atoms with Crippen LogP contribution in [0.2, 0.25) is 0 Å². The smallest absolute Gasteiger partial charge is 0.0498 e. The van der Waals surface area contributed by atoms with E-state index in [-0.39, 0.29) is 0 Å². The zero-order chi connectivity index (χ0) is 11.1. The fourth-order valence-corrected chi connectivity index (χ4v) is 3.23. The monoisotopic (exact) mass is 217 g/mol. The number of benzene rings is 1. The first-order valence-electron chi connectivity index (χ1n) is 6.07. The third-order valence-electron chi connectivity index (χ3n) is 4.13. The number of nitrogens with one attached hydrogen (secondary N) is 1. The number of piperidine rings is 1. The third-order valence-corrected chi connectivity index (χ3v) is 4.13. The van der Waals surface area contributed by atoms with Crippen LogP contribution in [0.5, 0.6) is 0 Å². The first-order valence-corrected chi connectivity index (χ1v) is 6.07. The lowest BCUT2D eigenvalue weighted by Crippen LogP contribution is -2.54. The fraction of sp³-hybridized carbons (Fsp3) is 0.538. The SMILES string of the molecule is CN1CCC2c3ccccc3NC2C1CN. The molecule has 3 nitrogen and oxygen atoms in total. The molecule has 3 rings (SSSR count). The number of hydrogen-bond acceptors (Lipinski definition) is 3. The van der Waals surface area contributed by atoms with E-state index in [0.717, 1.165) is 13.1 Å². The zero-order valence-corrected chi connectivity index (χ0v) is 9.69. The van der Waals surface area contributed by atoms with Crippen molar-refractivity contribution in [1.29, 1.82) is 0 Å². The van der Waals surface area contributed by atoms with Crippen molar-refractivity contribution in [2.45, 2.75) is 24.4 Å². The highest BCUT2D eigenvalue weighted by Crippen LogP contribution is 2.42. The molecule has 0 aromatic heterocycles. The molecule has 3 atom stereocenters. The number of anilines is 1. The summed E-state index contributed by atoms with van der Waals surface area (Å²) in [6, 6.07) is 9.64. The fourth-order valence-electron chi connectivity index (χ4n) is 3.23. The minimum atomic E-state index is 0.464. The summed E-state index contributed by atoms with van der Waals surface area (Å²) in [6.07, 6.45) is 1.24. The molecule has 1 aromatic rings. The Labute approximate surface area is 96.6 Å². The number of rotatable bonds is 1. The van der Waals surface area contributed by atoms with E-state index in [2.05, 4.69) is 41.5 Å². The molecule has 3 unspecified atom stereocenters. The molecule has 0 radical (unpaired) electrons. The van der Waals surface area contributed by atoms with Gasteiger partial charge in [0.25, 0.3) is 0 Å². The largest absolute Gasteiger partial charge is 0.380 e. The van der Waals surface area contributed by atoms with Crippen molar-refractivity contribution in [3.8, 4) is 0 Å². The minimum absolute atomic E-state index is 0.464. The molecule has 0 amide bonds. The second-order valence-electron chi connectivity index (χ2n) is 4.94. The van der Waals surface area contributed by atoms with Gasteiger partial charge in [0.15, 0.2) is 0 Å². The van der Waals surface area contributed by atoms with E-state index in [1.807, 2.05) is 0 Å². The van der Waals surface area contributed by atoms with Gasteiger partial charge in [-0.3, -0.25) is 0 Å². The van der Waals surface area contributed by atoms with Crippen molar-refractivity contribution >= 4 is 5.69 Å². The van der Waals surface area contributed by atoms with Gasteiger partial charge in [0, 0.05) is 30.2 Å². The van der Waals surface area contributed by atoms with Crippen LogP contribution in [0.15, 0.2) is 24.3 Å². The molecule has 2 heterocycles. The number of likely N-dealkylation sites (tertiary alicyclic amines) is 1. The molecular formula is C13H19N3. The highest BCUT2D eigenvalue weighted by molar-refractivity contribution is 5.60. The Morgan fingerprint density at radius 3 is 3.06 bits per heavy atom. The molecule has 3 N–H and O–H groups in total. The number of hydrogen-bond donors (Lipinski definition) is 2. The molecule has 1 aromatic carbocycles. The summed E-state index contributed by atoms with van der Waals surface area (Å²) in [6.45, 7) is 1.89. The molecule has 0 saturated carbocycles. The van der Waals surface area contributed by atoms with E-state index in [1.54, 1.807) is 0 Å². The molecule has 0 bridgehead atoms. The lowest BCUT2D eigenvalue weighted by atomic mass is 9.84. The molecule has 1 fully saturated rings. The second-order valence-corrected chi connectivity index (χ2v) is 4.94. The van der Waals surface area contributed by atoms with Crippen LogP contribution in [0.1, 0.15) is 17.9 Å². The van der Waals surface area contributed by atoms with Gasteiger partial charge in [-0.2, -0.15) is 0 Å². The van der Waals surface area contributed by atoms with Crippen LogP contribution in [-0.4, -0.2) is 37.1 Å². The molecule has 2 aliphatic heterocycles. The van der Waals surface area contributed by atoms with Gasteiger partial charge in [-0.25, -0.2) is 0 Å². The summed E-state index contributed by atoms with van der Waals surface area (Å²) in [7, 11) is 2.18. The van der Waals surface area contributed by atoms with Gasteiger partial charge in [0.2, 0.25) is 0 Å². The standard InChI is InChI=1S/C13H19N3/c1-16-7-6-10-9-4-2-3-5-11(9)15-13(10)12(16)8-14/h2-5,10,12-13,15H,6-8,14H2,1H3. The Morgan fingerprint density at radius 1 is 1.44 bits per heavy atom. The summed E-state index contributed by atoms with van der Waals surface area (Å²) >= 11 is 0. The summed E-state index contributed by atoms with van der Waals surface area (Å²) in [5.74, 6) is 0.654. The van der Waals surface area contributed by atoms with Gasteiger partial charge < -0.3 is 16.0 Å². The molecular weight excluding hydrogens is 198 g/mol. The molecule has 0 aliphatic carbocycles. The first kappa shape index (κ1) is 10.1. The molecule has 3 heteroatoms. The summed E-state index contributed by atoms with van der Waals surface area (Å²) in [4.78, 5) is 2.39. The average Bonchev–Trinajstić information content (AvgIpc) is 2.67. The minimum Gasteiger partial charge on any atom is -0.380 e. The van der Waals surface area contributed by atoms with Gasteiger partial charge in [-0.05, 0) is 31.6 Å². The number of likely N-dealkylation sites (N-methyl/N-ethyl adjacent to an activating group) is 1. The van der Waals surface area contributed by atoms with Gasteiger partial charge in [0.05, 0.1) is 0 Å². The number of nitrogens with zero attached hydrogens (tertiary/aromatic N) is 1. The molecule has 86 valence electrons. The summed E-state index contributed by atoms with van der Waals surface area (Å²) < 4.78 is 0. The highest BCUT2D eigenvalue weighted by Gasteiger charge is 2.41. The Morgan fingerprint density at radius 2 is 2.25 bits per heavy atom. The van der Waals surface area contributed by atoms with Crippen molar-refractivity contribution in [1.82, 2.24) is 4.90 Å². The highest BCUT2D eigenvalue weighted by atomic mass is 15.2. The predicted octanol–water partition coefficient (Wildman–Crippen LogP) is 1.23. The van der Waals surface area contributed by atoms with Crippen LogP contribution in [0, 0.1) is 0 Å². The van der Waals surface area contributed by atoms with Crippen LogP contribution in [0.4, 0.5) is 5.69 Å². The van der Waals surface area contributed by atoms with Crippen molar-refractivity contribution in [2.24, 2.45) is 5.73 Å². The Hall–Kier alpha value is -1.06. The maximum Gasteiger partial charge on any atom is 0.0498 e. The van der Waals surface area contributed by atoms with E-state index in [9.17, 15) is 0 Å². The van der Waals surface area contributed by atoms with E-state index in [0.29, 0.717) is 18.0 Å². The molecule has 16 heavy (non-hydrogen) atoms. The van der Waals surface area contributed by atoms with Crippen LogP contribution in [-0.2, 0) is 0 Å². The normalized spacial score (nSPS) is 33.0. The van der Waals surface area contributed by atoms with Crippen LogP contribution in [0.25, 0.3) is 0 Å². The van der Waals surface area contributed by atoms with E-state index < -0.39 is 0 Å². The van der Waals surface area contributed by atoms with Crippen molar-refractivity contribution in [2.75, 3.05) is 25.5 Å². The first-order chi connectivity index (χ1) is 7.81. The Bertz CT molecular complexity index is 391.